The van der Waals surface area contributed by atoms with Crippen LogP contribution >= 0.6 is 0 Å². The van der Waals surface area contributed by atoms with Gasteiger partial charge in [0.25, 0.3) is 0 Å². The molecule has 30 heavy (non-hydrogen) atoms. The molecule has 0 radical (unpaired) electrons. The monoisotopic (exact) mass is 384 g/mol. The molecule has 0 aliphatic rings. The molecule has 6 aromatic rings. The first-order chi connectivity index (χ1) is 14.8. The van der Waals surface area contributed by atoms with Crippen LogP contribution in [-0.4, -0.2) is 5.11 Å². The average molecular weight is 384 g/mol. The van der Waals surface area contributed by atoms with Crippen molar-refractivity contribution >= 4 is 43.1 Å². The maximum absolute atomic E-state index is 12.0. The van der Waals surface area contributed by atoms with Crippen molar-refractivity contribution in [2.75, 3.05) is 0 Å². The van der Waals surface area contributed by atoms with Gasteiger partial charge in [0.2, 0.25) is 0 Å². The van der Waals surface area contributed by atoms with Crippen molar-refractivity contribution in [3.05, 3.63) is 120 Å². The molecule has 0 aromatic heterocycles. The minimum atomic E-state index is -0.739. The number of fused-ring (bicyclic) bond motifs is 4. The highest BCUT2D eigenvalue weighted by Crippen LogP contribution is 2.41. The van der Waals surface area contributed by atoms with E-state index in [1.807, 2.05) is 0 Å². The Morgan fingerprint density at radius 3 is 0.967 bits per heavy atom. The predicted molar refractivity (Wildman–Crippen MR) is 127 cm³/mol. The van der Waals surface area contributed by atoms with E-state index in [2.05, 4.69) is 109 Å². The van der Waals surface area contributed by atoms with E-state index in [4.69, 9.17) is 0 Å². The average Bonchev–Trinajstić information content (AvgIpc) is 2.80. The smallest absolute Gasteiger partial charge is 0.106 e. The normalized spacial score (nSPS) is 11.8. The number of hydrogen-bond donors (Lipinski definition) is 1. The Kier molecular flexibility index (Phi) is 3.83. The Morgan fingerprint density at radius 2 is 0.667 bits per heavy atom. The van der Waals surface area contributed by atoms with E-state index in [0.29, 0.717) is 0 Å². The summed E-state index contributed by atoms with van der Waals surface area (Å²) in [5.41, 5.74) is 1.95. The van der Waals surface area contributed by atoms with E-state index >= 15 is 0 Å². The van der Waals surface area contributed by atoms with Gasteiger partial charge in [0.05, 0.1) is 0 Å². The van der Waals surface area contributed by atoms with Crippen LogP contribution in [0.3, 0.4) is 0 Å². The fourth-order valence-electron chi connectivity index (χ4n) is 4.83. The zero-order chi connectivity index (χ0) is 20.1. The fraction of sp³-hybridized carbons (Fsp3) is 0.0345. The van der Waals surface area contributed by atoms with Crippen molar-refractivity contribution in [3.8, 4) is 0 Å². The Morgan fingerprint density at radius 1 is 0.400 bits per heavy atom. The maximum Gasteiger partial charge on any atom is 0.106 e. The molecule has 1 heteroatoms. The van der Waals surface area contributed by atoms with Crippen LogP contribution in [0.25, 0.3) is 43.1 Å². The third kappa shape index (κ3) is 2.53. The van der Waals surface area contributed by atoms with Gasteiger partial charge in [-0.1, -0.05) is 97.1 Å². The van der Waals surface area contributed by atoms with E-state index < -0.39 is 6.10 Å². The number of aliphatic hydroxyl groups excluding tert-OH is 1. The Bertz CT molecular complexity index is 1330. The third-order valence-corrected chi connectivity index (χ3v) is 6.17. The Balaban J connectivity index is 1.78. The van der Waals surface area contributed by atoms with E-state index in [0.717, 1.165) is 54.2 Å². The van der Waals surface area contributed by atoms with Crippen molar-refractivity contribution in [1.82, 2.24) is 0 Å². The van der Waals surface area contributed by atoms with E-state index in [1.165, 1.54) is 0 Å². The molecular weight excluding hydrogens is 364 g/mol. The molecule has 1 nitrogen and oxygen atoms in total. The summed E-state index contributed by atoms with van der Waals surface area (Å²) in [7, 11) is 0. The van der Waals surface area contributed by atoms with Crippen molar-refractivity contribution in [2.24, 2.45) is 0 Å². The van der Waals surface area contributed by atoms with Crippen molar-refractivity contribution in [3.63, 3.8) is 0 Å². The van der Waals surface area contributed by atoms with Gasteiger partial charge in [0, 0.05) is 11.1 Å². The second-order valence-electron chi connectivity index (χ2n) is 7.87. The highest BCUT2D eigenvalue weighted by Gasteiger charge is 2.21. The van der Waals surface area contributed by atoms with Gasteiger partial charge in [0.15, 0.2) is 0 Å². The summed E-state index contributed by atoms with van der Waals surface area (Å²) in [5, 5.41) is 21.0. The molecule has 0 aliphatic carbocycles. The number of aliphatic hydroxyl groups is 1. The van der Waals surface area contributed by atoms with Crippen molar-refractivity contribution < 1.29 is 5.11 Å². The van der Waals surface area contributed by atoms with Crippen molar-refractivity contribution in [1.29, 1.82) is 0 Å². The summed E-state index contributed by atoms with van der Waals surface area (Å²) in [6.45, 7) is 0. The standard InChI is InChI=1S/C29H20O/c30-29(27-23-13-5-1-9-19(23)17-20-10-2-6-14-24(20)27)28-25-15-7-3-11-21(25)18-22-12-4-8-16-26(22)28/h1-18,29-30H. The second-order valence-corrected chi connectivity index (χ2v) is 7.87. The van der Waals surface area contributed by atoms with Gasteiger partial charge >= 0.3 is 0 Å². The molecule has 0 fully saturated rings. The molecular formula is C29H20O. The summed E-state index contributed by atoms with van der Waals surface area (Å²) in [6.07, 6.45) is -0.739. The largest absolute Gasteiger partial charge is 0.384 e. The third-order valence-electron chi connectivity index (χ3n) is 6.17. The number of rotatable bonds is 2. The second kappa shape index (κ2) is 6.69. The molecule has 0 amide bonds. The molecule has 0 unspecified atom stereocenters. The van der Waals surface area contributed by atoms with Gasteiger partial charge in [-0.05, 0) is 55.2 Å². The highest BCUT2D eigenvalue weighted by atomic mass is 16.3. The van der Waals surface area contributed by atoms with Crippen LogP contribution in [0.2, 0.25) is 0 Å². The molecule has 0 bridgehead atoms. The van der Waals surface area contributed by atoms with Crippen LogP contribution in [0.15, 0.2) is 109 Å². The van der Waals surface area contributed by atoms with Crippen LogP contribution in [0, 0.1) is 0 Å². The molecule has 1 N–H and O–H groups in total. The molecule has 0 atom stereocenters. The lowest BCUT2D eigenvalue weighted by Gasteiger charge is -2.21. The molecule has 0 aliphatic heterocycles. The van der Waals surface area contributed by atoms with Crippen LogP contribution in [0.1, 0.15) is 17.2 Å². The van der Waals surface area contributed by atoms with Crippen LogP contribution < -0.4 is 0 Å². The first-order valence-electron chi connectivity index (χ1n) is 10.3. The van der Waals surface area contributed by atoms with Gasteiger partial charge in [-0.3, -0.25) is 0 Å². The first-order valence-corrected chi connectivity index (χ1v) is 10.3. The Hall–Kier alpha value is -3.68. The summed E-state index contributed by atoms with van der Waals surface area (Å²) < 4.78 is 0. The first kappa shape index (κ1) is 17.2. The molecule has 142 valence electrons. The zero-order valence-electron chi connectivity index (χ0n) is 16.4. The zero-order valence-corrected chi connectivity index (χ0v) is 16.4. The summed E-state index contributed by atoms with van der Waals surface area (Å²) in [5.74, 6) is 0. The van der Waals surface area contributed by atoms with Gasteiger partial charge < -0.3 is 5.11 Å². The number of benzene rings is 6. The Labute approximate surface area is 174 Å². The lowest BCUT2D eigenvalue weighted by Crippen LogP contribution is -2.04. The molecule has 6 aromatic carbocycles. The van der Waals surface area contributed by atoms with E-state index in [-0.39, 0.29) is 0 Å². The minimum absolute atomic E-state index is 0.739. The number of hydrogen-bond acceptors (Lipinski definition) is 1. The van der Waals surface area contributed by atoms with Crippen LogP contribution in [0.4, 0.5) is 0 Å². The molecule has 0 spiro atoms. The van der Waals surface area contributed by atoms with E-state index in [1.54, 1.807) is 0 Å². The SMILES string of the molecule is OC(c1c2ccccc2cc2ccccc12)c1c2ccccc2cc2ccccc12. The summed E-state index contributed by atoms with van der Waals surface area (Å²) in [6, 6.07) is 37.8. The molecule has 6 rings (SSSR count). The quantitative estimate of drug-likeness (QED) is 0.309. The predicted octanol–water partition coefficient (Wildman–Crippen LogP) is 7.38. The summed E-state index contributed by atoms with van der Waals surface area (Å²) >= 11 is 0. The van der Waals surface area contributed by atoms with Gasteiger partial charge in [-0.2, -0.15) is 0 Å². The highest BCUT2D eigenvalue weighted by molar-refractivity contribution is 6.06. The summed E-state index contributed by atoms with van der Waals surface area (Å²) in [4.78, 5) is 0. The fourth-order valence-corrected chi connectivity index (χ4v) is 4.83. The topological polar surface area (TPSA) is 20.2 Å². The maximum atomic E-state index is 12.0. The minimum Gasteiger partial charge on any atom is -0.384 e. The lowest BCUT2D eigenvalue weighted by atomic mass is 9.86. The van der Waals surface area contributed by atoms with Gasteiger partial charge in [-0.15, -0.1) is 0 Å². The van der Waals surface area contributed by atoms with Crippen LogP contribution in [-0.2, 0) is 0 Å². The van der Waals surface area contributed by atoms with E-state index in [9.17, 15) is 5.11 Å². The molecule has 0 heterocycles. The molecule has 0 saturated carbocycles. The molecule has 0 saturated heterocycles. The van der Waals surface area contributed by atoms with Crippen LogP contribution in [0.5, 0.6) is 0 Å². The van der Waals surface area contributed by atoms with Gasteiger partial charge in [-0.25, -0.2) is 0 Å². The van der Waals surface area contributed by atoms with Gasteiger partial charge in [0.1, 0.15) is 6.10 Å². The van der Waals surface area contributed by atoms with Crippen molar-refractivity contribution in [2.45, 2.75) is 6.10 Å². The lowest BCUT2D eigenvalue weighted by molar-refractivity contribution is 0.226.